The normalized spacial score (nSPS) is 13.2. The molecule has 1 unspecified atom stereocenters. The maximum atomic E-state index is 11.1. The number of carbonyl (C=O) groups is 1. The second-order valence-electron chi connectivity index (χ2n) is 3.31. The zero-order valence-electron chi connectivity index (χ0n) is 9.05. The van der Waals surface area contributed by atoms with E-state index in [0.717, 1.165) is 32.4 Å². The topological polar surface area (TPSA) is 46.3 Å². The number of hydrogen-bond acceptors (Lipinski definition) is 2. The van der Waals surface area contributed by atoms with Crippen LogP contribution in [0, 0.1) is 0 Å². The number of nitrogens with two attached hydrogens (primary N) is 1. The lowest BCUT2D eigenvalue weighted by Crippen LogP contribution is -2.44. The van der Waals surface area contributed by atoms with Crippen molar-refractivity contribution in [3.63, 3.8) is 0 Å². The van der Waals surface area contributed by atoms with Crippen molar-refractivity contribution in [2.24, 2.45) is 5.73 Å². The van der Waals surface area contributed by atoms with Gasteiger partial charge in [-0.25, -0.2) is 0 Å². The summed E-state index contributed by atoms with van der Waals surface area (Å²) in [6.45, 7) is 8.11. The Morgan fingerprint density at radius 3 is 2.31 bits per heavy atom. The van der Waals surface area contributed by atoms with E-state index in [1.807, 2.05) is 6.92 Å². The van der Waals surface area contributed by atoms with Gasteiger partial charge in [0.25, 0.3) is 0 Å². The van der Waals surface area contributed by atoms with Crippen LogP contribution < -0.4 is 5.73 Å². The molecular weight excluding hydrogens is 164 g/mol. The number of hydrogen-bond donors (Lipinski definition) is 1. The summed E-state index contributed by atoms with van der Waals surface area (Å²) in [6, 6.07) is -0.0726. The van der Waals surface area contributed by atoms with Gasteiger partial charge in [0.2, 0.25) is 5.91 Å². The monoisotopic (exact) mass is 186 g/mol. The summed E-state index contributed by atoms with van der Waals surface area (Å²) in [7, 11) is 0. The zero-order chi connectivity index (χ0) is 10.3. The van der Waals surface area contributed by atoms with Crippen LogP contribution in [0.2, 0.25) is 0 Å². The smallest absolute Gasteiger partial charge is 0.234 e. The second kappa shape index (κ2) is 6.89. The van der Waals surface area contributed by atoms with E-state index in [9.17, 15) is 4.79 Å². The van der Waals surface area contributed by atoms with Crippen LogP contribution in [0.1, 0.15) is 40.0 Å². The highest BCUT2D eigenvalue weighted by Crippen LogP contribution is 2.05. The second-order valence-corrected chi connectivity index (χ2v) is 3.31. The minimum Gasteiger partial charge on any atom is -0.368 e. The fraction of sp³-hybridized carbons (Fsp3) is 0.900. The zero-order valence-corrected chi connectivity index (χ0v) is 9.05. The number of unbranched alkanes of at least 4 members (excludes halogenated alkanes) is 1. The lowest BCUT2D eigenvalue weighted by molar-refractivity contribution is -0.123. The summed E-state index contributed by atoms with van der Waals surface area (Å²) >= 11 is 0. The highest BCUT2D eigenvalue weighted by Gasteiger charge is 2.19. The first-order valence-corrected chi connectivity index (χ1v) is 5.20. The van der Waals surface area contributed by atoms with Crippen molar-refractivity contribution in [3.05, 3.63) is 0 Å². The van der Waals surface area contributed by atoms with E-state index >= 15 is 0 Å². The minimum atomic E-state index is -0.194. The first kappa shape index (κ1) is 12.4. The SMILES string of the molecule is CCCCN(CC)C(CC)C(N)=O. The number of nitrogens with zero attached hydrogens (tertiary/aromatic N) is 1. The highest BCUT2D eigenvalue weighted by atomic mass is 16.1. The molecule has 3 nitrogen and oxygen atoms in total. The summed E-state index contributed by atoms with van der Waals surface area (Å²) in [5.74, 6) is -0.194. The van der Waals surface area contributed by atoms with Crippen molar-refractivity contribution < 1.29 is 4.79 Å². The van der Waals surface area contributed by atoms with Crippen molar-refractivity contribution in [2.45, 2.75) is 46.1 Å². The molecule has 0 aliphatic heterocycles. The number of primary amides is 1. The van der Waals surface area contributed by atoms with Crippen LogP contribution in [0.3, 0.4) is 0 Å². The quantitative estimate of drug-likeness (QED) is 0.652. The molecule has 0 spiro atoms. The number of amides is 1. The van der Waals surface area contributed by atoms with Crippen LogP contribution >= 0.6 is 0 Å². The Labute approximate surface area is 81.3 Å². The van der Waals surface area contributed by atoms with E-state index in [2.05, 4.69) is 18.7 Å². The summed E-state index contributed by atoms with van der Waals surface area (Å²) < 4.78 is 0. The largest absolute Gasteiger partial charge is 0.368 e. The molecule has 1 atom stereocenters. The van der Waals surface area contributed by atoms with E-state index < -0.39 is 0 Å². The summed E-state index contributed by atoms with van der Waals surface area (Å²) in [5, 5.41) is 0. The van der Waals surface area contributed by atoms with Crippen molar-refractivity contribution in [1.29, 1.82) is 0 Å². The van der Waals surface area contributed by atoms with Crippen LogP contribution in [-0.4, -0.2) is 29.9 Å². The van der Waals surface area contributed by atoms with Gasteiger partial charge in [-0.15, -0.1) is 0 Å². The maximum absolute atomic E-state index is 11.1. The average Bonchev–Trinajstić information content (AvgIpc) is 2.11. The third-order valence-corrected chi connectivity index (χ3v) is 2.36. The molecule has 0 aromatic rings. The van der Waals surface area contributed by atoms with Crippen molar-refractivity contribution in [3.8, 4) is 0 Å². The Balaban J connectivity index is 4.08. The van der Waals surface area contributed by atoms with E-state index in [1.165, 1.54) is 0 Å². The average molecular weight is 186 g/mol. The van der Waals surface area contributed by atoms with E-state index in [1.54, 1.807) is 0 Å². The van der Waals surface area contributed by atoms with Gasteiger partial charge < -0.3 is 5.73 Å². The summed E-state index contributed by atoms with van der Waals surface area (Å²) in [5.41, 5.74) is 5.31. The lowest BCUT2D eigenvalue weighted by Gasteiger charge is -2.27. The molecule has 0 rings (SSSR count). The molecule has 2 N–H and O–H groups in total. The van der Waals surface area contributed by atoms with Crippen LogP contribution in [-0.2, 0) is 4.79 Å². The van der Waals surface area contributed by atoms with E-state index in [-0.39, 0.29) is 11.9 Å². The van der Waals surface area contributed by atoms with Crippen molar-refractivity contribution in [2.75, 3.05) is 13.1 Å². The van der Waals surface area contributed by atoms with Gasteiger partial charge in [-0.3, -0.25) is 9.69 Å². The number of likely N-dealkylation sites (N-methyl/N-ethyl adjacent to an activating group) is 1. The maximum Gasteiger partial charge on any atom is 0.234 e. The lowest BCUT2D eigenvalue weighted by atomic mass is 10.1. The summed E-state index contributed by atoms with van der Waals surface area (Å²) in [6.07, 6.45) is 3.11. The molecule has 13 heavy (non-hydrogen) atoms. The third kappa shape index (κ3) is 4.27. The molecule has 0 aromatic heterocycles. The molecule has 0 aromatic carbocycles. The Kier molecular flexibility index (Phi) is 6.59. The fourth-order valence-corrected chi connectivity index (χ4v) is 1.53. The van der Waals surface area contributed by atoms with Gasteiger partial charge in [-0.1, -0.05) is 27.2 Å². The van der Waals surface area contributed by atoms with E-state index in [0.29, 0.717) is 0 Å². The van der Waals surface area contributed by atoms with Crippen LogP contribution in [0.5, 0.6) is 0 Å². The highest BCUT2D eigenvalue weighted by molar-refractivity contribution is 5.79. The van der Waals surface area contributed by atoms with Gasteiger partial charge in [0, 0.05) is 0 Å². The Hall–Kier alpha value is -0.570. The molecule has 78 valence electrons. The van der Waals surface area contributed by atoms with Crippen LogP contribution in [0.15, 0.2) is 0 Å². The standard InChI is InChI=1S/C10H22N2O/c1-4-7-8-12(6-3)9(5-2)10(11)13/h9H,4-8H2,1-3H3,(H2,11,13). The number of carbonyl (C=O) groups excluding carboxylic acids is 1. The van der Waals surface area contributed by atoms with Gasteiger partial charge in [0.15, 0.2) is 0 Å². The Bertz CT molecular complexity index is 148. The van der Waals surface area contributed by atoms with E-state index in [4.69, 9.17) is 5.73 Å². The molecule has 0 aliphatic carbocycles. The molecule has 0 saturated carbocycles. The number of rotatable bonds is 7. The molecule has 0 saturated heterocycles. The predicted molar refractivity (Wildman–Crippen MR) is 55.4 cm³/mol. The molecular formula is C10H22N2O. The molecule has 0 aliphatic rings. The summed E-state index contributed by atoms with van der Waals surface area (Å²) in [4.78, 5) is 13.2. The van der Waals surface area contributed by atoms with Gasteiger partial charge in [0.1, 0.15) is 0 Å². The third-order valence-electron chi connectivity index (χ3n) is 2.36. The molecule has 0 fully saturated rings. The van der Waals surface area contributed by atoms with Crippen LogP contribution in [0.4, 0.5) is 0 Å². The minimum absolute atomic E-state index is 0.0726. The Morgan fingerprint density at radius 1 is 1.38 bits per heavy atom. The van der Waals surface area contributed by atoms with Gasteiger partial charge in [-0.2, -0.15) is 0 Å². The molecule has 0 bridgehead atoms. The Morgan fingerprint density at radius 2 is 2.00 bits per heavy atom. The van der Waals surface area contributed by atoms with Gasteiger partial charge in [0.05, 0.1) is 6.04 Å². The van der Waals surface area contributed by atoms with Crippen molar-refractivity contribution in [1.82, 2.24) is 4.90 Å². The van der Waals surface area contributed by atoms with Gasteiger partial charge >= 0.3 is 0 Å². The fourth-order valence-electron chi connectivity index (χ4n) is 1.53. The molecule has 3 heteroatoms. The molecule has 0 heterocycles. The molecule has 1 amide bonds. The van der Waals surface area contributed by atoms with Crippen LogP contribution in [0.25, 0.3) is 0 Å². The van der Waals surface area contributed by atoms with Gasteiger partial charge in [-0.05, 0) is 25.9 Å². The first-order chi connectivity index (χ1) is 6.17. The predicted octanol–water partition coefficient (Wildman–Crippen LogP) is 1.37. The first-order valence-electron chi connectivity index (χ1n) is 5.20. The van der Waals surface area contributed by atoms with Crippen molar-refractivity contribution >= 4 is 5.91 Å². The molecule has 0 radical (unpaired) electrons.